The van der Waals surface area contributed by atoms with Gasteiger partial charge in [0.05, 0.1) is 4.90 Å². The van der Waals surface area contributed by atoms with Gasteiger partial charge in [-0.2, -0.15) is 9.57 Å². The van der Waals surface area contributed by atoms with Crippen molar-refractivity contribution in [1.29, 1.82) is 5.26 Å². The number of hydrogen-bond donors (Lipinski definition) is 1. The molecule has 0 spiro atoms. The fourth-order valence-corrected chi connectivity index (χ4v) is 5.07. The molecule has 1 aromatic heterocycles. The van der Waals surface area contributed by atoms with Gasteiger partial charge in [-0.3, -0.25) is 4.79 Å². The Morgan fingerprint density at radius 1 is 1.19 bits per heavy atom. The Labute approximate surface area is 162 Å². The molecule has 1 aliphatic rings. The first-order valence-corrected chi connectivity index (χ1v) is 10.9. The molecule has 1 saturated heterocycles. The fourth-order valence-electron chi connectivity index (χ4n) is 2.85. The van der Waals surface area contributed by atoms with Crippen LogP contribution in [0.1, 0.15) is 24.1 Å². The quantitative estimate of drug-likeness (QED) is 0.613. The van der Waals surface area contributed by atoms with Crippen LogP contribution >= 0.6 is 11.3 Å². The van der Waals surface area contributed by atoms with Gasteiger partial charge in [0.15, 0.2) is 0 Å². The van der Waals surface area contributed by atoms with E-state index in [0.717, 1.165) is 24.1 Å². The van der Waals surface area contributed by atoms with E-state index in [1.165, 1.54) is 33.9 Å². The van der Waals surface area contributed by atoms with Crippen LogP contribution in [-0.4, -0.2) is 31.7 Å². The lowest BCUT2D eigenvalue weighted by Crippen LogP contribution is -2.35. The highest BCUT2D eigenvalue weighted by atomic mass is 32.2. The maximum Gasteiger partial charge on any atom is 0.266 e. The highest BCUT2D eigenvalue weighted by Gasteiger charge is 2.26. The Morgan fingerprint density at radius 3 is 2.63 bits per heavy atom. The molecule has 0 saturated carbocycles. The third kappa shape index (κ3) is 4.63. The largest absolute Gasteiger partial charge is 0.321 e. The summed E-state index contributed by atoms with van der Waals surface area (Å²) in [4.78, 5) is 13.3. The predicted octanol–water partition coefficient (Wildman–Crippen LogP) is 3.47. The first-order valence-electron chi connectivity index (χ1n) is 8.57. The van der Waals surface area contributed by atoms with Gasteiger partial charge < -0.3 is 5.32 Å². The van der Waals surface area contributed by atoms with Crippen molar-refractivity contribution in [3.05, 3.63) is 52.2 Å². The van der Waals surface area contributed by atoms with Crippen LogP contribution in [-0.2, 0) is 14.8 Å². The standard InChI is InChI=1S/C19H19N3O3S2/c20-14-15(12-17-7-5-11-26-17)19(23)21-16-6-4-8-18(13-16)27(24,25)22-9-2-1-3-10-22/h4-8,11-13H,1-3,9-10H2,(H,21,23)/b15-12+. The molecule has 0 radical (unpaired) electrons. The van der Waals surface area contributed by atoms with Gasteiger partial charge in [0, 0.05) is 23.7 Å². The van der Waals surface area contributed by atoms with Crippen LogP contribution in [0.5, 0.6) is 0 Å². The molecule has 1 aromatic carbocycles. The van der Waals surface area contributed by atoms with Gasteiger partial charge in [0.25, 0.3) is 5.91 Å². The van der Waals surface area contributed by atoms with Crippen molar-refractivity contribution in [1.82, 2.24) is 4.31 Å². The minimum Gasteiger partial charge on any atom is -0.321 e. The van der Waals surface area contributed by atoms with Crippen LogP contribution in [0.4, 0.5) is 5.69 Å². The first-order chi connectivity index (χ1) is 13.0. The van der Waals surface area contributed by atoms with E-state index >= 15 is 0 Å². The number of nitrogens with zero attached hydrogens (tertiary/aromatic N) is 2. The van der Waals surface area contributed by atoms with Crippen LogP contribution in [0.2, 0.25) is 0 Å². The van der Waals surface area contributed by atoms with Crippen molar-refractivity contribution in [3.8, 4) is 6.07 Å². The van der Waals surface area contributed by atoms with Crippen LogP contribution in [0.25, 0.3) is 6.08 Å². The zero-order valence-electron chi connectivity index (χ0n) is 14.6. The van der Waals surface area contributed by atoms with Gasteiger partial charge in [0.1, 0.15) is 11.6 Å². The molecule has 1 aliphatic heterocycles. The Hall–Kier alpha value is -2.47. The zero-order chi connectivity index (χ0) is 19.3. The second kappa shape index (κ2) is 8.48. The molecule has 3 rings (SSSR count). The molecular formula is C19H19N3O3S2. The Balaban J connectivity index is 1.79. The number of carbonyl (C=O) groups is 1. The van der Waals surface area contributed by atoms with Crippen LogP contribution in [0.15, 0.2) is 52.2 Å². The Bertz CT molecular complexity index is 983. The van der Waals surface area contributed by atoms with E-state index in [-0.39, 0.29) is 10.5 Å². The maximum absolute atomic E-state index is 12.8. The normalized spacial score (nSPS) is 15.9. The number of amides is 1. The van der Waals surface area contributed by atoms with Gasteiger partial charge in [-0.25, -0.2) is 8.42 Å². The van der Waals surface area contributed by atoms with Crippen molar-refractivity contribution in [2.24, 2.45) is 0 Å². The summed E-state index contributed by atoms with van der Waals surface area (Å²) in [5.74, 6) is -0.571. The molecule has 2 heterocycles. The number of nitrogens with one attached hydrogen (secondary N) is 1. The molecule has 1 N–H and O–H groups in total. The minimum atomic E-state index is -3.58. The average molecular weight is 402 g/mol. The monoisotopic (exact) mass is 401 g/mol. The average Bonchev–Trinajstić information content (AvgIpc) is 3.20. The second-order valence-corrected chi connectivity index (χ2v) is 9.05. The van der Waals surface area contributed by atoms with E-state index in [1.807, 2.05) is 17.5 Å². The summed E-state index contributed by atoms with van der Waals surface area (Å²) < 4.78 is 27.0. The lowest BCUT2D eigenvalue weighted by atomic mass is 10.2. The van der Waals surface area contributed by atoms with E-state index in [1.54, 1.807) is 18.2 Å². The molecule has 0 bridgehead atoms. The summed E-state index contributed by atoms with van der Waals surface area (Å²) in [6.07, 6.45) is 4.26. The van der Waals surface area contributed by atoms with Gasteiger partial charge in [-0.15, -0.1) is 11.3 Å². The summed E-state index contributed by atoms with van der Waals surface area (Å²) >= 11 is 1.42. The molecule has 27 heavy (non-hydrogen) atoms. The third-order valence-electron chi connectivity index (χ3n) is 4.24. The number of piperidine rings is 1. The summed E-state index contributed by atoms with van der Waals surface area (Å²) in [6.45, 7) is 1.03. The first kappa shape index (κ1) is 19.3. The molecule has 2 aromatic rings. The van der Waals surface area contributed by atoms with Crippen LogP contribution < -0.4 is 5.32 Å². The molecule has 0 atom stereocenters. The highest BCUT2D eigenvalue weighted by molar-refractivity contribution is 7.89. The summed E-state index contributed by atoms with van der Waals surface area (Å²) in [5.41, 5.74) is 0.298. The molecular weight excluding hydrogens is 382 g/mol. The molecule has 0 unspecified atom stereocenters. The van der Waals surface area contributed by atoms with Crippen molar-refractivity contribution in [2.45, 2.75) is 24.2 Å². The molecule has 0 aliphatic carbocycles. The van der Waals surface area contributed by atoms with E-state index < -0.39 is 15.9 Å². The number of benzene rings is 1. The maximum atomic E-state index is 12.8. The second-order valence-electron chi connectivity index (χ2n) is 6.13. The number of sulfonamides is 1. The van der Waals surface area contributed by atoms with Gasteiger partial charge in [-0.1, -0.05) is 18.6 Å². The topological polar surface area (TPSA) is 90.3 Å². The van der Waals surface area contributed by atoms with Crippen molar-refractivity contribution in [2.75, 3.05) is 18.4 Å². The third-order valence-corrected chi connectivity index (χ3v) is 6.95. The number of carbonyl (C=O) groups excluding carboxylic acids is 1. The predicted molar refractivity (Wildman–Crippen MR) is 106 cm³/mol. The lowest BCUT2D eigenvalue weighted by molar-refractivity contribution is -0.112. The Morgan fingerprint density at radius 2 is 1.96 bits per heavy atom. The molecule has 1 amide bonds. The van der Waals surface area contributed by atoms with E-state index in [9.17, 15) is 18.5 Å². The zero-order valence-corrected chi connectivity index (χ0v) is 16.2. The van der Waals surface area contributed by atoms with Crippen molar-refractivity contribution in [3.63, 3.8) is 0 Å². The van der Waals surface area contributed by atoms with Gasteiger partial charge >= 0.3 is 0 Å². The van der Waals surface area contributed by atoms with E-state index in [0.29, 0.717) is 18.8 Å². The smallest absolute Gasteiger partial charge is 0.266 e. The molecule has 140 valence electrons. The SMILES string of the molecule is N#C/C(=C\c1cccs1)C(=O)Nc1cccc(S(=O)(=O)N2CCCCC2)c1. The fraction of sp³-hybridized carbons (Fsp3) is 0.263. The number of anilines is 1. The Kier molecular flexibility index (Phi) is 6.06. The number of rotatable bonds is 5. The van der Waals surface area contributed by atoms with Crippen molar-refractivity contribution >= 4 is 39.0 Å². The number of hydrogen-bond acceptors (Lipinski definition) is 5. The van der Waals surface area contributed by atoms with E-state index in [2.05, 4.69) is 5.32 Å². The summed E-state index contributed by atoms with van der Waals surface area (Å²) in [6, 6.07) is 11.7. The molecule has 6 nitrogen and oxygen atoms in total. The number of thiophene rings is 1. The molecule has 8 heteroatoms. The van der Waals surface area contributed by atoms with Crippen molar-refractivity contribution < 1.29 is 13.2 Å². The number of nitriles is 1. The summed E-state index contributed by atoms with van der Waals surface area (Å²) in [7, 11) is -3.58. The highest BCUT2D eigenvalue weighted by Crippen LogP contribution is 2.23. The minimum absolute atomic E-state index is 0.0401. The lowest BCUT2D eigenvalue weighted by Gasteiger charge is -2.26. The van der Waals surface area contributed by atoms with Crippen LogP contribution in [0, 0.1) is 11.3 Å². The van der Waals surface area contributed by atoms with Gasteiger partial charge in [0.2, 0.25) is 10.0 Å². The van der Waals surface area contributed by atoms with Crippen LogP contribution in [0.3, 0.4) is 0 Å². The summed E-state index contributed by atoms with van der Waals surface area (Å²) in [5, 5.41) is 13.7. The molecule has 1 fully saturated rings. The van der Waals surface area contributed by atoms with Gasteiger partial charge in [-0.05, 0) is 48.6 Å². The van der Waals surface area contributed by atoms with E-state index in [4.69, 9.17) is 0 Å².